The fraction of sp³-hybridized carbons (Fsp3) is 0.487. The van der Waals surface area contributed by atoms with Crippen LogP contribution in [0.4, 0.5) is 0 Å². The summed E-state index contributed by atoms with van der Waals surface area (Å²) < 4.78 is 35.9. The van der Waals surface area contributed by atoms with E-state index < -0.39 is 47.1 Å². The van der Waals surface area contributed by atoms with E-state index >= 15 is 0 Å². The topological polar surface area (TPSA) is 169 Å². The number of likely N-dealkylation sites (N-methyl/N-ethyl adjacent to an activating group) is 1. The number of methoxy groups -OCH3 is 2. The molecular formula is C39H43N3O11S. The van der Waals surface area contributed by atoms with Crippen LogP contribution in [-0.4, -0.2) is 102 Å². The number of nitrogens with zero attached hydrogens (tertiary/aromatic N) is 2. The fourth-order valence-corrected chi connectivity index (χ4v) is 11.7. The van der Waals surface area contributed by atoms with Gasteiger partial charge in [-0.2, -0.15) is 0 Å². The standard InChI is InChI=1S/C39H43N3O11S/c1-16-9-20-10-22-37(46)42-23-13-50-38(47)39(21-12-25(48-5)24(44)11-19(21)7-8-40-39)14-54-36(30(42)29(41(22)4)26(20)31(45)32(16)49-6)28-27(23)35-34(51-15-52-35)17(2)33(28)53-18(3)43/h9,11-12,22-23,29-30,36-37,40,44-46H,7-8,10,13-15H2,1-6H3/t22-,23+,29-,30-,36+,37+,39-/m1/s1. The van der Waals surface area contributed by atoms with Gasteiger partial charge in [0.25, 0.3) is 0 Å². The van der Waals surface area contributed by atoms with E-state index in [2.05, 4.69) is 10.2 Å². The number of piperazine rings is 1. The number of carbonyl (C=O) groups excluding carboxylic acids is 2. The molecule has 0 unspecified atom stereocenters. The molecule has 0 radical (unpaired) electrons. The van der Waals surface area contributed by atoms with Crippen molar-refractivity contribution in [3.63, 3.8) is 0 Å². The zero-order valence-corrected chi connectivity index (χ0v) is 31.7. The number of fused-ring (bicyclic) bond motifs is 9. The van der Waals surface area contributed by atoms with Crippen molar-refractivity contribution >= 4 is 23.7 Å². The largest absolute Gasteiger partial charge is 0.504 e. The van der Waals surface area contributed by atoms with Gasteiger partial charge in [0.05, 0.1) is 37.6 Å². The van der Waals surface area contributed by atoms with E-state index in [1.165, 1.54) is 32.9 Å². The quantitative estimate of drug-likeness (QED) is 0.226. The van der Waals surface area contributed by atoms with Crippen molar-refractivity contribution < 1.29 is 53.3 Å². The van der Waals surface area contributed by atoms with E-state index in [9.17, 15) is 24.9 Å². The lowest BCUT2D eigenvalue weighted by atomic mass is 9.73. The van der Waals surface area contributed by atoms with Crippen molar-refractivity contribution in [2.75, 3.05) is 47.0 Å². The molecule has 2 saturated heterocycles. The second kappa shape index (κ2) is 12.6. The number of phenols is 2. The maximum absolute atomic E-state index is 14.7. The molecule has 3 aromatic rings. The number of carbonyl (C=O) groups is 2. The molecule has 0 saturated carbocycles. The number of thioether (sulfide) groups is 1. The summed E-state index contributed by atoms with van der Waals surface area (Å²) in [4.78, 5) is 31.7. The summed E-state index contributed by atoms with van der Waals surface area (Å²) in [5.74, 6) is 0.949. The molecule has 7 atom stereocenters. The Morgan fingerprint density at radius 3 is 2.54 bits per heavy atom. The number of rotatable bonds is 3. The minimum Gasteiger partial charge on any atom is -0.504 e. The summed E-state index contributed by atoms with van der Waals surface area (Å²) in [6.45, 7) is 5.26. The van der Waals surface area contributed by atoms with Gasteiger partial charge in [0, 0.05) is 47.5 Å². The number of esters is 2. The number of aliphatic hydroxyl groups excluding tert-OH is 1. The van der Waals surface area contributed by atoms with Gasteiger partial charge in [-0.15, -0.1) is 11.8 Å². The number of nitrogens with one attached hydrogen (secondary N) is 1. The molecule has 7 aliphatic rings. The second-order valence-electron chi connectivity index (χ2n) is 14.9. The van der Waals surface area contributed by atoms with Crippen LogP contribution < -0.4 is 29.0 Å². The molecule has 10 rings (SSSR count). The SMILES string of the molecule is COc1cc2c(cc1O)CCN[C@]21CS[C@H]2c3c(OC(C)=O)c(C)c4c(c3[C@H](COC1=O)N1[C@@H]2[C@H]2c3c(cc(C)c(OC)c3O)C[C@H]([C@@H]1O)N2C)OCO4. The first-order chi connectivity index (χ1) is 25.9. The lowest BCUT2D eigenvalue weighted by Crippen LogP contribution is -2.70. The first-order valence-corrected chi connectivity index (χ1v) is 19.1. The molecule has 7 heterocycles. The predicted octanol–water partition coefficient (Wildman–Crippen LogP) is 3.41. The van der Waals surface area contributed by atoms with E-state index in [0.717, 1.165) is 16.7 Å². The molecule has 4 N–H and O–H groups in total. The molecule has 54 heavy (non-hydrogen) atoms. The van der Waals surface area contributed by atoms with Gasteiger partial charge in [0.15, 0.2) is 40.0 Å². The Kier molecular flexibility index (Phi) is 8.21. The van der Waals surface area contributed by atoms with Gasteiger partial charge in [-0.25, -0.2) is 4.79 Å². The van der Waals surface area contributed by atoms with Crippen LogP contribution in [0.3, 0.4) is 0 Å². The summed E-state index contributed by atoms with van der Waals surface area (Å²) in [5.41, 5.74) is 4.36. The summed E-state index contributed by atoms with van der Waals surface area (Å²) in [5, 5.41) is 38.2. The molecule has 4 bridgehead atoms. The van der Waals surface area contributed by atoms with Gasteiger partial charge in [0.1, 0.15) is 18.6 Å². The number of hydrogen-bond donors (Lipinski definition) is 4. The molecule has 7 aliphatic heterocycles. The fourth-order valence-electron chi connectivity index (χ4n) is 10.00. The molecule has 0 aliphatic carbocycles. The minimum absolute atomic E-state index is 0.0226. The highest BCUT2D eigenvalue weighted by molar-refractivity contribution is 7.99. The molecule has 14 nitrogen and oxygen atoms in total. The lowest BCUT2D eigenvalue weighted by Gasteiger charge is -2.62. The van der Waals surface area contributed by atoms with Crippen molar-refractivity contribution in [2.24, 2.45) is 0 Å². The smallest absolute Gasteiger partial charge is 0.331 e. The lowest BCUT2D eigenvalue weighted by molar-refractivity contribution is -0.186. The maximum atomic E-state index is 14.7. The zero-order valence-electron chi connectivity index (χ0n) is 30.8. The Labute approximate surface area is 316 Å². The zero-order chi connectivity index (χ0) is 38.0. The number of aliphatic hydroxyl groups is 1. The molecule has 3 aromatic carbocycles. The van der Waals surface area contributed by atoms with Crippen molar-refractivity contribution in [1.82, 2.24) is 15.1 Å². The third kappa shape index (κ3) is 4.74. The maximum Gasteiger partial charge on any atom is 0.331 e. The number of phenolic OH excluding ortho intramolecular Hbond substituents is 2. The normalized spacial score (nSPS) is 29.4. The van der Waals surface area contributed by atoms with Crippen LogP contribution in [0.2, 0.25) is 0 Å². The van der Waals surface area contributed by atoms with Crippen LogP contribution in [0.1, 0.15) is 68.8 Å². The van der Waals surface area contributed by atoms with E-state index in [4.69, 9.17) is 28.4 Å². The number of hydrogen-bond acceptors (Lipinski definition) is 15. The Morgan fingerprint density at radius 2 is 1.80 bits per heavy atom. The van der Waals surface area contributed by atoms with Crippen molar-refractivity contribution in [1.29, 1.82) is 0 Å². The van der Waals surface area contributed by atoms with Crippen LogP contribution in [0.15, 0.2) is 18.2 Å². The third-order valence-electron chi connectivity index (χ3n) is 12.3. The summed E-state index contributed by atoms with van der Waals surface area (Å²) in [7, 11) is 4.96. The van der Waals surface area contributed by atoms with Gasteiger partial charge in [0.2, 0.25) is 6.79 Å². The van der Waals surface area contributed by atoms with E-state index in [-0.39, 0.29) is 42.4 Å². The molecule has 15 heteroatoms. The summed E-state index contributed by atoms with van der Waals surface area (Å²) in [6, 6.07) is 3.13. The molecule has 2 fully saturated rings. The van der Waals surface area contributed by atoms with Crippen LogP contribution in [0.5, 0.6) is 40.2 Å². The van der Waals surface area contributed by atoms with Crippen molar-refractivity contribution in [3.8, 4) is 40.2 Å². The average Bonchev–Trinajstić information content (AvgIpc) is 3.63. The van der Waals surface area contributed by atoms with E-state index in [0.29, 0.717) is 70.2 Å². The van der Waals surface area contributed by atoms with Crippen LogP contribution in [0, 0.1) is 13.8 Å². The van der Waals surface area contributed by atoms with Crippen molar-refractivity contribution in [2.45, 2.75) is 74.8 Å². The number of aromatic hydroxyl groups is 2. The van der Waals surface area contributed by atoms with Crippen LogP contribution in [-0.2, 0) is 32.7 Å². The molecule has 286 valence electrons. The van der Waals surface area contributed by atoms with Gasteiger partial charge < -0.3 is 43.7 Å². The Morgan fingerprint density at radius 1 is 1.02 bits per heavy atom. The average molecular weight is 762 g/mol. The molecule has 1 spiro atoms. The summed E-state index contributed by atoms with van der Waals surface area (Å²) >= 11 is 1.47. The van der Waals surface area contributed by atoms with Gasteiger partial charge in [-0.3, -0.25) is 19.9 Å². The Bertz CT molecular complexity index is 2130. The monoisotopic (exact) mass is 761 g/mol. The van der Waals surface area contributed by atoms with Gasteiger partial charge >= 0.3 is 11.9 Å². The van der Waals surface area contributed by atoms with E-state index in [1.54, 1.807) is 12.1 Å². The second-order valence-corrected chi connectivity index (χ2v) is 16.1. The molecule has 0 amide bonds. The third-order valence-corrected chi connectivity index (χ3v) is 13.7. The van der Waals surface area contributed by atoms with Crippen LogP contribution >= 0.6 is 11.8 Å². The number of ether oxygens (including phenoxy) is 6. The first-order valence-electron chi connectivity index (χ1n) is 18.1. The van der Waals surface area contributed by atoms with E-state index in [1.807, 2.05) is 31.9 Å². The first kappa shape index (κ1) is 35.3. The number of aryl methyl sites for hydroxylation is 1. The Hall–Kier alpha value is -4.41. The summed E-state index contributed by atoms with van der Waals surface area (Å²) in [6.07, 6.45) is -0.0282. The number of benzene rings is 3. The molecule has 0 aromatic heterocycles. The van der Waals surface area contributed by atoms with Crippen molar-refractivity contribution in [3.05, 3.63) is 62.7 Å². The highest BCUT2D eigenvalue weighted by Crippen LogP contribution is 2.64. The van der Waals surface area contributed by atoms with Crippen LogP contribution in [0.25, 0.3) is 0 Å². The van der Waals surface area contributed by atoms with Gasteiger partial charge in [-0.05, 0) is 68.1 Å². The van der Waals surface area contributed by atoms with Gasteiger partial charge in [-0.1, -0.05) is 6.07 Å². The Balaban J connectivity index is 1.32. The highest BCUT2D eigenvalue weighted by Gasteiger charge is 2.61. The highest BCUT2D eigenvalue weighted by atomic mass is 32.2. The molecular weight excluding hydrogens is 719 g/mol. The minimum atomic E-state index is -1.36. The predicted molar refractivity (Wildman–Crippen MR) is 195 cm³/mol.